The number of carbonyl (C=O) groups excluding carboxylic acids is 4. The molecule has 0 aliphatic heterocycles. The number of aliphatic hydroxyl groups excluding tert-OH is 1. The average molecular weight is 386 g/mol. The molecule has 0 bridgehead atoms. The van der Waals surface area contributed by atoms with Crippen LogP contribution in [-0.4, -0.2) is 40.5 Å². The molecule has 0 saturated heterocycles. The molecule has 2 saturated carbocycles. The Hall–Kier alpha value is -2.21. The molecule has 0 radical (unpaired) electrons. The summed E-state index contributed by atoms with van der Waals surface area (Å²) < 4.78 is 16.7. The summed E-state index contributed by atoms with van der Waals surface area (Å²) in [4.78, 5) is 50.3. The maximum Gasteiger partial charge on any atom is 0.191 e. The normalized spacial score (nSPS) is 44.7. The molecule has 0 unspecified atom stereocenters. The lowest BCUT2D eigenvalue weighted by atomic mass is 9.46. The molecular formula is C22H23FO5. The van der Waals surface area contributed by atoms with Crippen molar-refractivity contribution in [2.45, 2.75) is 38.8 Å². The van der Waals surface area contributed by atoms with E-state index < -0.39 is 64.6 Å². The first kappa shape index (κ1) is 19.1. The van der Waals surface area contributed by atoms with Crippen LogP contribution in [0.2, 0.25) is 0 Å². The second-order valence-electron chi connectivity index (χ2n) is 9.02. The van der Waals surface area contributed by atoms with Crippen LogP contribution in [0, 0.1) is 28.6 Å². The first-order chi connectivity index (χ1) is 13.0. The van der Waals surface area contributed by atoms with E-state index in [1.807, 2.05) is 0 Å². The Labute approximate surface area is 162 Å². The molecule has 28 heavy (non-hydrogen) atoms. The number of aliphatic hydroxyl groups is 1. The third-order valence-corrected chi connectivity index (χ3v) is 7.71. The third kappa shape index (κ3) is 1.99. The summed E-state index contributed by atoms with van der Waals surface area (Å²) in [5.74, 6) is -4.11. The molecule has 0 amide bonds. The van der Waals surface area contributed by atoms with Crippen LogP contribution in [0.3, 0.4) is 0 Å². The summed E-state index contributed by atoms with van der Waals surface area (Å²) in [7, 11) is 0. The predicted molar refractivity (Wildman–Crippen MR) is 97.9 cm³/mol. The van der Waals surface area contributed by atoms with Crippen LogP contribution in [0.4, 0.5) is 4.39 Å². The summed E-state index contributed by atoms with van der Waals surface area (Å²) in [6.07, 6.45) is 4.15. The maximum atomic E-state index is 16.7. The fourth-order valence-corrected chi connectivity index (χ4v) is 6.29. The van der Waals surface area contributed by atoms with Crippen LogP contribution in [0.5, 0.6) is 0 Å². The zero-order valence-corrected chi connectivity index (χ0v) is 16.0. The van der Waals surface area contributed by atoms with Gasteiger partial charge in [-0.15, -0.1) is 0 Å². The molecule has 5 nitrogen and oxygen atoms in total. The highest BCUT2D eigenvalue weighted by molar-refractivity contribution is 6.15. The van der Waals surface area contributed by atoms with E-state index in [-0.39, 0.29) is 17.8 Å². The molecule has 148 valence electrons. The van der Waals surface area contributed by atoms with Gasteiger partial charge in [-0.3, -0.25) is 19.2 Å². The van der Waals surface area contributed by atoms with E-state index >= 15 is 4.39 Å². The van der Waals surface area contributed by atoms with Gasteiger partial charge in [0.1, 0.15) is 6.61 Å². The fraction of sp³-hybridized carbons (Fsp3) is 0.545. The standard InChI is InChI=1S/C22H23FO5/c1-11-6-15-14-5-4-12-7-13(25)8-17(27)21(12,3)22(14,23)18(28)9-20(15,2)19(11)16(26)10-24/h4-5,7,14-15,19,24H,1,6,8-10H2,2-3H3/t14-,15-,19+,20-,21+,22-/m0/s1. The van der Waals surface area contributed by atoms with E-state index in [1.165, 1.54) is 13.0 Å². The minimum atomic E-state index is -2.47. The van der Waals surface area contributed by atoms with Gasteiger partial charge in [-0.1, -0.05) is 31.2 Å². The van der Waals surface area contributed by atoms with E-state index in [0.717, 1.165) is 0 Å². The van der Waals surface area contributed by atoms with E-state index in [2.05, 4.69) is 6.58 Å². The van der Waals surface area contributed by atoms with Crippen LogP contribution in [0.15, 0.2) is 36.0 Å². The zero-order chi connectivity index (χ0) is 20.6. The Morgan fingerprint density at radius 3 is 2.61 bits per heavy atom. The molecule has 0 aromatic rings. The number of ketones is 4. The monoisotopic (exact) mass is 386 g/mol. The summed E-state index contributed by atoms with van der Waals surface area (Å²) >= 11 is 0. The molecule has 4 rings (SSSR count). The van der Waals surface area contributed by atoms with Gasteiger partial charge in [0.25, 0.3) is 0 Å². The van der Waals surface area contributed by atoms with Crippen molar-refractivity contribution in [1.82, 2.24) is 0 Å². The van der Waals surface area contributed by atoms with Gasteiger partial charge in [0.05, 0.1) is 11.8 Å². The molecule has 6 atom stereocenters. The molecule has 0 aromatic heterocycles. The van der Waals surface area contributed by atoms with Gasteiger partial charge >= 0.3 is 0 Å². The summed E-state index contributed by atoms with van der Waals surface area (Å²) in [5, 5.41) is 9.37. The second-order valence-corrected chi connectivity index (χ2v) is 9.02. The number of allylic oxidation sites excluding steroid dienone is 5. The Morgan fingerprint density at radius 2 is 1.96 bits per heavy atom. The average Bonchev–Trinajstić information content (AvgIpc) is 2.87. The highest BCUT2D eigenvalue weighted by Crippen LogP contribution is 2.67. The summed E-state index contributed by atoms with van der Waals surface area (Å²) in [6, 6.07) is 0. The van der Waals surface area contributed by atoms with Crippen molar-refractivity contribution in [3.63, 3.8) is 0 Å². The molecule has 0 spiro atoms. The lowest BCUT2D eigenvalue weighted by Crippen LogP contribution is -2.67. The minimum absolute atomic E-state index is 0.210. The fourth-order valence-electron chi connectivity index (χ4n) is 6.29. The SMILES string of the molecule is C=C1C[C@H]2[C@@H]3C=CC4=CC(=O)CC(=O)[C@]4(C)[C@@]3(F)C(=O)C[C@]2(C)[C@H]1C(=O)CO. The molecule has 4 aliphatic carbocycles. The van der Waals surface area contributed by atoms with Crippen LogP contribution in [-0.2, 0) is 19.2 Å². The van der Waals surface area contributed by atoms with Crippen molar-refractivity contribution in [1.29, 1.82) is 0 Å². The summed E-state index contributed by atoms with van der Waals surface area (Å²) in [5.41, 5.74) is -4.20. The van der Waals surface area contributed by atoms with E-state index in [9.17, 15) is 24.3 Å². The van der Waals surface area contributed by atoms with Gasteiger partial charge in [0.15, 0.2) is 28.8 Å². The Bertz CT molecular complexity index is 914. The number of hydrogen-bond donors (Lipinski definition) is 1. The van der Waals surface area contributed by atoms with Crippen LogP contribution in [0.25, 0.3) is 0 Å². The first-order valence-corrected chi connectivity index (χ1v) is 9.51. The van der Waals surface area contributed by atoms with Gasteiger partial charge in [0.2, 0.25) is 0 Å². The van der Waals surface area contributed by atoms with Gasteiger partial charge in [-0.05, 0) is 36.3 Å². The lowest BCUT2D eigenvalue weighted by molar-refractivity contribution is -0.169. The Balaban J connectivity index is 1.90. The quantitative estimate of drug-likeness (QED) is 0.580. The maximum absolute atomic E-state index is 16.7. The van der Waals surface area contributed by atoms with Gasteiger partial charge < -0.3 is 5.11 Å². The highest BCUT2D eigenvalue weighted by atomic mass is 19.1. The molecule has 6 heteroatoms. The van der Waals surface area contributed by atoms with Crippen LogP contribution < -0.4 is 0 Å². The predicted octanol–water partition coefficient (Wildman–Crippen LogP) is 2.09. The Morgan fingerprint density at radius 1 is 1.29 bits per heavy atom. The molecule has 2 fully saturated rings. The number of halogens is 1. The topological polar surface area (TPSA) is 88.5 Å². The summed E-state index contributed by atoms with van der Waals surface area (Å²) in [6.45, 7) is 6.51. The van der Waals surface area contributed by atoms with Gasteiger partial charge in [0, 0.05) is 18.3 Å². The van der Waals surface area contributed by atoms with E-state index in [1.54, 1.807) is 19.1 Å². The van der Waals surface area contributed by atoms with Crippen molar-refractivity contribution in [2.24, 2.45) is 28.6 Å². The van der Waals surface area contributed by atoms with Crippen molar-refractivity contribution in [3.8, 4) is 0 Å². The van der Waals surface area contributed by atoms with Gasteiger partial charge in [-0.2, -0.15) is 0 Å². The zero-order valence-electron chi connectivity index (χ0n) is 16.0. The Kier molecular flexibility index (Phi) is 3.86. The van der Waals surface area contributed by atoms with Crippen LogP contribution in [0.1, 0.15) is 33.1 Å². The van der Waals surface area contributed by atoms with E-state index in [0.29, 0.717) is 12.0 Å². The third-order valence-electron chi connectivity index (χ3n) is 7.71. The van der Waals surface area contributed by atoms with Crippen LogP contribution >= 0.6 is 0 Å². The number of carbonyl (C=O) groups is 4. The second kappa shape index (κ2) is 5.66. The molecular weight excluding hydrogens is 363 g/mol. The molecule has 0 heterocycles. The number of Topliss-reactive ketones (excluding diaryl/α,β-unsaturated/α-hetero) is 3. The molecule has 0 aromatic carbocycles. The number of hydrogen-bond acceptors (Lipinski definition) is 5. The molecule has 1 N–H and O–H groups in total. The lowest BCUT2D eigenvalue weighted by Gasteiger charge is -2.56. The van der Waals surface area contributed by atoms with Crippen molar-refractivity contribution in [3.05, 3.63) is 36.0 Å². The van der Waals surface area contributed by atoms with Crippen molar-refractivity contribution < 1.29 is 28.7 Å². The molecule has 4 aliphatic rings. The van der Waals surface area contributed by atoms with Gasteiger partial charge in [-0.25, -0.2) is 4.39 Å². The number of rotatable bonds is 2. The first-order valence-electron chi connectivity index (χ1n) is 9.51. The number of fused-ring (bicyclic) bond motifs is 5. The largest absolute Gasteiger partial charge is 0.389 e. The smallest absolute Gasteiger partial charge is 0.191 e. The van der Waals surface area contributed by atoms with E-state index in [4.69, 9.17) is 0 Å². The van der Waals surface area contributed by atoms with Crippen molar-refractivity contribution in [2.75, 3.05) is 6.61 Å². The van der Waals surface area contributed by atoms with Crippen molar-refractivity contribution >= 4 is 23.1 Å². The number of alkyl halides is 1. The minimum Gasteiger partial charge on any atom is -0.389 e. The highest BCUT2D eigenvalue weighted by Gasteiger charge is 2.73.